The molecule has 0 saturated heterocycles. The number of hydrogen-bond donors (Lipinski definition) is 1. The zero-order chi connectivity index (χ0) is 11.1. The highest BCUT2D eigenvalue weighted by Crippen LogP contribution is 2.17. The van der Waals surface area contributed by atoms with Crippen LogP contribution in [0.15, 0.2) is 12.2 Å². The average molecular weight is 227 g/mol. The second kappa shape index (κ2) is 6.53. The van der Waals surface area contributed by atoms with Crippen molar-refractivity contribution in [3.05, 3.63) is 17.2 Å². The minimum absolute atomic E-state index is 0.630. The molecule has 1 aromatic heterocycles. The van der Waals surface area contributed by atoms with Crippen LogP contribution in [-0.4, -0.2) is 23.3 Å². The molecule has 1 rings (SSSR count). The van der Waals surface area contributed by atoms with Crippen LogP contribution in [0, 0.1) is 0 Å². The second-order valence-electron chi connectivity index (χ2n) is 3.30. The highest BCUT2D eigenvalue weighted by molar-refractivity contribution is 7.13. The first kappa shape index (κ1) is 12.1. The average Bonchev–Trinajstić information content (AvgIpc) is 2.62. The molecule has 0 saturated carbocycles. The maximum Gasteiger partial charge on any atom is 0.294 e. The van der Waals surface area contributed by atoms with Crippen molar-refractivity contribution in [2.45, 2.75) is 26.8 Å². The van der Waals surface area contributed by atoms with Gasteiger partial charge in [0.25, 0.3) is 5.19 Å². The number of hydrogen-bond acceptors (Lipinski definition) is 5. The fourth-order valence-electron chi connectivity index (χ4n) is 0.912. The van der Waals surface area contributed by atoms with Crippen LogP contribution in [0.3, 0.4) is 0 Å². The van der Waals surface area contributed by atoms with E-state index < -0.39 is 0 Å². The fourth-order valence-corrected chi connectivity index (χ4v) is 1.59. The van der Waals surface area contributed by atoms with Crippen molar-refractivity contribution in [3.8, 4) is 5.19 Å². The molecule has 0 aliphatic rings. The van der Waals surface area contributed by atoms with Gasteiger partial charge in [0, 0.05) is 13.0 Å². The van der Waals surface area contributed by atoms with Gasteiger partial charge in [0.05, 0.1) is 6.61 Å². The van der Waals surface area contributed by atoms with Gasteiger partial charge in [-0.25, -0.2) is 0 Å². The first-order valence-corrected chi connectivity index (χ1v) is 5.84. The maximum atomic E-state index is 5.43. The topological polar surface area (TPSA) is 47.0 Å². The SMILES string of the molecule is C=C(C)CCOc1nnc(CNCC)s1. The van der Waals surface area contributed by atoms with E-state index in [-0.39, 0.29) is 0 Å². The Hall–Kier alpha value is -0.940. The van der Waals surface area contributed by atoms with Crippen LogP contribution in [-0.2, 0) is 6.54 Å². The van der Waals surface area contributed by atoms with E-state index in [4.69, 9.17) is 4.74 Å². The lowest BCUT2D eigenvalue weighted by Gasteiger charge is -1.99. The van der Waals surface area contributed by atoms with Crippen LogP contribution in [0.25, 0.3) is 0 Å². The van der Waals surface area contributed by atoms with Crippen LogP contribution in [0.5, 0.6) is 5.19 Å². The summed E-state index contributed by atoms with van der Waals surface area (Å²) in [6, 6.07) is 0. The zero-order valence-corrected chi connectivity index (χ0v) is 10.1. The lowest BCUT2D eigenvalue weighted by atomic mass is 10.3. The van der Waals surface area contributed by atoms with Gasteiger partial charge < -0.3 is 10.1 Å². The highest BCUT2D eigenvalue weighted by atomic mass is 32.1. The molecule has 5 heteroatoms. The molecule has 0 aromatic carbocycles. The standard InChI is InChI=1S/C10H17N3OS/c1-4-11-7-9-12-13-10(15-9)14-6-5-8(2)3/h11H,2,4-7H2,1,3H3. The van der Waals surface area contributed by atoms with Gasteiger partial charge in [-0.05, 0) is 13.5 Å². The molecule has 0 spiro atoms. The molecular formula is C10H17N3OS. The third-order valence-electron chi connectivity index (χ3n) is 1.73. The first-order chi connectivity index (χ1) is 7.22. The van der Waals surface area contributed by atoms with E-state index in [1.165, 1.54) is 11.3 Å². The second-order valence-corrected chi connectivity index (χ2v) is 4.32. The summed E-state index contributed by atoms with van der Waals surface area (Å²) in [7, 11) is 0. The normalized spacial score (nSPS) is 10.3. The fraction of sp³-hybridized carbons (Fsp3) is 0.600. The summed E-state index contributed by atoms with van der Waals surface area (Å²) < 4.78 is 5.43. The smallest absolute Gasteiger partial charge is 0.294 e. The predicted molar refractivity (Wildman–Crippen MR) is 62.2 cm³/mol. The summed E-state index contributed by atoms with van der Waals surface area (Å²) in [5, 5.41) is 12.7. The summed E-state index contributed by atoms with van der Waals surface area (Å²) in [5.41, 5.74) is 1.12. The monoisotopic (exact) mass is 227 g/mol. The molecule has 0 aliphatic carbocycles. The van der Waals surface area contributed by atoms with Crippen molar-refractivity contribution in [1.82, 2.24) is 15.5 Å². The number of rotatable bonds is 7. The number of nitrogens with zero attached hydrogens (tertiary/aromatic N) is 2. The summed E-state index contributed by atoms with van der Waals surface area (Å²) in [6.07, 6.45) is 0.863. The van der Waals surface area contributed by atoms with Crippen LogP contribution >= 0.6 is 11.3 Å². The Morgan fingerprint density at radius 1 is 1.53 bits per heavy atom. The van der Waals surface area contributed by atoms with Crippen molar-refractivity contribution < 1.29 is 4.74 Å². The summed E-state index contributed by atoms with van der Waals surface area (Å²) in [4.78, 5) is 0. The van der Waals surface area contributed by atoms with Crippen LogP contribution < -0.4 is 10.1 Å². The lowest BCUT2D eigenvalue weighted by molar-refractivity contribution is 0.317. The Morgan fingerprint density at radius 3 is 3.00 bits per heavy atom. The molecule has 15 heavy (non-hydrogen) atoms. The molecule has 84 valence electrons. The number of aromatic nitrogens is 2. The van der Waals surface area contributed by atoms with E-state index in [1.54, 1.807) is 0 Å². The highest BCUT2D eigenvalue weighted by Gasteiger charge is 2.03. The van der Waals surface area contributed by atoms with Gasteiger partial charge in [0.15, 0.2) is 0 Å². The maximum absolute atomic E-state index is 5.43. The van der Waals surface area contributed by atoms with E-state index in [1.807, 2.05) is 6.92 Å². The van der Waals surface area contributed by atoms with E-state index in [9.17, 15) is 0 Å². The molecule has 0 unspecified atom stereocenters. The first-order valence-electron chi connectivity index (χ1n) is 5.02. The number of ether oxygens (including phenoxy) is 1. The van der Waals surface area contributed by atoms with Gasteiger partial charge in [-0.15, -0.1) is 16.8 Å². The number of nitrogens with one attached hydrogen (secondary N) is 1. The molecule has 0 fully saturated rings. The molecule has 0 atom stereocenters. The van der Waals surface area contributed by atoms with Crippen LogP contribution in [0.2, 0.25) is 0 Å². The van der Waals surface area contributed by atoms with Crippen molar-refractivity contribution in [1.29, 1.82) is 0 Å². The van der Waals surface area contributed by atoms with Gasteiger partial charge in [-0.3, -0.25) is 0 Å². The van der Waals surface area contributed by atoms with Crippen molar-refractivity contribution in [2.75, 3.05) is 13.2 Å². The van der Waals surface area contributed by atoms with Crippen molar-refractivity contribution in [3.63, 3.8) is 0 Å². The largest absolute Gasteiger partial charge is 0.469 e. The molecule has 4 nitrogen and oxygen atoms in total. The van der Waals surface area contributed by atoms with Crippen LogP contribution in [0.1, 0.15) is 25.3 Å². The third-order valence-corrected chi connectivity index (χ3v) is 2.56. The van der Waals surface area contributed by atoms with Gasteiger partial charge >= 0.3 is 0 Å². The zero-order valence-electron chi connectivity index (χ0n) is 9.25. The van der Waals surface area contributed by atoms with Gasteiger partial charge in [0.2, 0.25) is 0 Å². The molecule has 1 N–H and O–H groups in total. The van der Waals surface area contributed by atoms with Gasteiger partial charge in [0.1, 0.15) is 5.01 Å². The minimum atomic E-state index is 0.630. The molecule has 0 bridgehead atoms. The Bertz CT molecular complexity index is 311. The summed E-state index contributed by atoms with van der Waals surface area (Å²) >= 11 is 1.49. The quantitative estimate of drug-likeness (QED) is 0.724. The molecular weight excluding hydrogens is 210 g/mol. The summed E-state index contributed by atoms with van der Waals surface area (Å²) in [5.74, 6) is 0. The Balaban J connectivity index is 2.29. The minimum Gasteiger partial charge on any atom is -0.469 e. The molecule has 0 amide bonds. The van der Waals surface area contributed by atoms with E-state index in [2.05, 4.69) is 29.0 Å². The van der Waals surface area contributed by atoms with E-state index in [0.717, 1.165) is 30.1 Å². The van der Waals surface area contributed by atoms with Gasteiger partial charge in [-0.1, -0.05) is 23.8 Å². The molecule has 1 aromatic rings. The van der Waals surface area contributed by atoms with Crippen LogP contribution in [0.4, 0.5) is 0 Å². The summed E-state index contributed by atoms with van der Waals surface area (Å²) in [6.45, 7) is 10.2. The van der Waals surface area contributed by atoms with E-state index in [0.29, 0.717) is 11.8 Å². The lowest BCUT2D eigenvalue weighted by Crippen LogP contribution is -2.11. The third kappa shape index (κ3) is 4.90. The Labute approximate surface area is 94.4 Å². The Kier molecular flexibility index (Phi) is 5.28. The van der Waals surface area contributed by atoms with Gasteiger partial charge in [-0.2, -0.15) is 0 Å². The van der Waals surface area contributed by atoms with Crippen molar-refractivity contribution >= 4 is 11.3 Å². The Morgan fingerprint density at radius 2 is 2.33 bits per heavy atom. The molecule has 0 aliphatic heterocycles. The predicted octanol–water partition coefficient (Wildman–Crippen LogP) is 1.99. The molecule has 0 radical (unpaired) electrons. The molecule has 1 heterocycles. The van der Waals surface area contributed by atoms with E-state index >= 15 is 0 Å². The van der Waals surface area contributed by atoms with Crippen molar-refractivity contribution in [2.24, 2.45) is 0 Å².